The van der Waals surface area contributed by atoms with Crippen molar-refractivity contribution in [1.29, 1.82) is 0 Å². The van der Waals surface area contributed by atoms with Gasteiger partial charge < -0.3 is 10.1 Å². The minimum absolute atomic E-state index is 0.0605. The number of carbonyl (C=O) groups is 1. The molecule has 0 bridgehead atoms. The molecule has 254 valence electrons. The maximum Gasteiger partial charge on any atom is 0.337 e. The van der Waals surface area contributed by atoms with Crippen LogP contribution in [0.1, 0.15) is 126 Å². The molecule has 5 aliphatic rings. The van der Waals surface area contributed by atoms with E-state index in [9.17, 15) is 4.79 Å². The first-order valence-electron chi connectivity index (χ1n) is 18.4. The van der Waals surface area contributed by atoms with Crippen LogP contribution in [-0.4, -0.2) is 23.6 Å². The largest absolute Gasteiger partial charge is 0.465 e. The van der Waals surface area contributed by atoms with Crippen molar-refractivity contribution in [3.63, 3.8) is 0 Å². The highest BCUT2D eigenvalue weighted by Crippen LogP contribution is 2.77. The van der Waals surface area contributed by atoms with Gasteiger partial charge >= 0.3 is 5.97 Å². The zero-order valence-electron chi connectivity index (χ0n) is 30.5. The fourth-order valence-corrected chi connectivity index (χ4v) is 14.0. The van der Waals surface area contributed by atoms with Gasteiger partial charge in [0.2, 0.25) is 0 Å². The molecule has 1 heterocycles. The van der Waals surface area contributed by atoms with E-state index in [2.05, 4.69) is 85.5 Å². The molecule has 4 nitrogen and oxygen atoms in total. The fraction of sp³-hybridized carbons (Fsp3) is 0.667. The summed E-state index contributed by atoms with van der Waals surface area (Å²) in [5, 5.41) is 5.30. The molecule has 7 rings (SSSR count). The molecule has 1 aromatic heterocycles. The van der Waals surface area contributed by atoms with Gasteiger partial charge in [0.05, 0.1) is 18.4 Å². The van der Waals surface area contributed by atoms with Crippen LogP contribution in [0.3, 0.4) is 0 Å². The topological polar surface area (TPSA) is 51.2 Å². The SMILES string of the molecule is C=C(C)[C@@H]1CC[C@]2(Nc3nc(C)c(C)s3)CC[C@]3(C)[C@H](CC[C@@H]4[C@@]5(C)CC=C(c6ccc(C(=O)OC)cc6)C(C)(C)[C@@H]5CC[C@]43C)[C@@H]12. The first-order valence-corrected chi connectivity index (χ1v) is 19.2. The van der Waals surface area contributed by atoms with Gasteiger partial charge in [0.25, 0.3) is 0 Å². The number of esters is 1. The molecule has 0 radical (unpaired) electrons. The van der Waals surface area contributed by atoms with Crippen LogP contribution >= 0.6 is 11.3 Å². The van der Waals surface area contributed by atoms with Crippen LogP contribution in [0.4, 0.5) is 5.13 Å². The maximum absolute atomic E-state index is 12.1. The van der Waals surface area contributed by atoms with Crippen molar-refractivity contribution in [3.8, 4) is 0 Å². The second kappa shape index (κ2) is 11.1. The van der Waals surface area contributed by atoms with Crippen LogP contribution < -0.4 is 5.32 Å². The molecule has 5 aliphatic carbocycles. The van der Waals surface area contributed by atoms with E-state index in [1.165, 1.54) is 85.8 Å². The zero-order valence-corrected chi connectivity index (χ0v) is 31.3. The summed E-state index contributed by atoms with van der Waals surface area (Å²) >= 11 is 1.85. The molecule has 9 atom stereocenters. The van der Waals surface area contributed by atoms with E-state index in [0.717, 1.165) is 11.6 Å². The molecular formula is C42H58N2O2S. The highest BCUT2D eigenvalue weighted by Gasteiger charge is 2.70. The lowest BCUT2D eigenvalue weighted by atomic mass is 9.33. The molecule has 1 N–H and O–H groups in total. The molecule has 4 saturated carbocycles. The number of aryl methyl sites for hydroxylation is 2. The monoisotopic (exact) mass is 654 g/mol. The van der Waals surface area contributed by atoms with Gasteiger partial charge in [-0.3, -0.25) is 0 Å². The Morgan fingerprint density at radius 3 is 2.30 bits per heavy atom. The van der Waals surface area contributed by atoms with Crippen LogP contribution in [0, 0.1) is 65.1 Å². The summed E-state index contributed by atoms with van der Waals surface area (Å²) in [6, 6.07) is 8.14. The van der Waals surface area contributed by atoms with E-state index in [0.29, 0.717) is 46.0 Å². The van der Waals surface area contributed by atoms with Gasteiger partial charge in [0.15, 0.2) is 5.13 Å². The molecular weight excluding hydrogens is 597 g/mol. The van der Waals surface area contributed by atoms with E-state index in [-0.39, 0.29) is 22.3 Å². The number of nitrogens with zero attached hydrogens (tertiary/aromatic N) is 1. The van der Waals surface area contributed by atoms with Gasteiger partial charge in [-0.2, -0.15) is 0 Å². The summed E-state index contributed by atoms with van der Waals surface area (Å²) in [5.41, 5.74) is 6.97. The zero-order chi connectivity index (χ0) is 33.7. The van der Waals surface area contributed by atoms with Gasteiger partial charge in [0, 0.05) is 10.4 Å². The minimum atomic E-state index is -0.270. The summed E-state index contributed by atoms with van der Waals surface area (Å²) in [4.78, 5) is 18.5. The van der Waals surface area contributed by atoms with Crippen molar-refractivity contribution in [1.82, 2.24) is 4.98 Å². The van der Waals surface area contributed by atoms with Gasteiger partial charge in [0.1, 0.15) is 0 Å². The highest BCUT2D eigenvalue weighted by molar-refractivity contribution is 7.15. The molecule has 0 unspecified atom stereocenters. The molecule has 2 aromatic rings. The number of carbonyl (C=O) groups excluding carboxylic acids is 1. The van der Waals surface area contributed by atoms with Crippen molar-refractivity contribution in [2.45, 2.75) is 119 Å². The summed E-state index contributed by atoms with van der Waals surface area (Å²) in [6.07, 6.45) is 14.0. The van der Waals surface area contributed by atoms with Crippen molar-refractivity contribution in [2.75, 3.05) is 12.4 Å². The van der Waals surface area contributed by atoms with Gasteiger partial charge in [-0.1, -0.05) is 65.0 Å². The number of anilines is 1. The number of aromatic nitrogens is 1. The normalized spacial score (nSPS) is 40.3. The van der Waals surface area contributed by atoms with E-state index in [4.69, 9.17) is 9.72 Å². The first-order chi connectivity index (χ1) is 22.1. The third-order valence-corrected chi connectivity index (χ3v) is 16.6. The van der Waals surface area contributed by atoms with Crippen LogP contribution in [-0.2, 0) is 4.74 Å². The second-order valence-corrected chi connectivity index (χ2v) is 18.9. The van der Waals surface area contributed by atoms with Crippen molar-refractivity contribution in [2.24, 2.45) is 51.2 Å². The second-order valence-electron chi connectivity index (χ2n) is 17.7. The van der Waals surface area contributed by atoms with Gasteiger partial charge in [-0.05, 0) is 153 Å². The molecule has 0 spiro atoms. The van der Waals surface area contributed by atoms with Crippen LogP contribution in [0.15, 0.2) is 42.5 Å². The summed E-state index contributed by atoms with van der Waals surface area (Å²) in [5.74, 6) is 2.98. The lowest BCUT2D eigenvalue weighted by molar-refractivity contribution is -0.216. The predicted molar refractivity (Wildman–Crippen MR) is 196 cm³/mol. The molecule has 0 aliphatic heterocycles. The summed E-state index contributed by atoms with van der Waals surface area (Å²) < 4.78 is 4.97. The van der Waals surface area contributed by atoms with Crippen molar-refractivity contribution in [3.05, 3.63) is 64.2 Å². The predicted octanol–water partition coefficient (Wildman–Crippen LogP) is 11.1. The quantitative estimate of drug-likeness (QED) is 0.257. The minimum Gasteiger partial charge on any atom is -0.465 e. The Balaban J connectivity index is 1.22. The lowest BCUT2D eigenvalue weighted by Crippen LogP contribution is -2.67. The van der Waals surface area contributed by atoms with Crippen molar-refractivity contribution >= 4 is 28.0 Å². The Morgan fingerprint density at radius 1 is 0.936 bits per heavy atom. The first kappa shape index (κ1) is 33.1. The summed E-state index contributed by atoms with van der Waals surface area (Å²) in [7, 11) is 1.45. The molecule has 4 fully saturated rings. The average Bonchev–Trinajstić information content (AvgIpc) is 3.55. The molecule has 5 heteroatoms. The van der Waals surface area contributed by atoms with Crippen LogP contribution in [0.25, 0.3) is 5.57 Å². The Kier molecular flexibility index (Phi) is 7.79. The summed E-state index contributed by atoms with van der Waals surface area (Å²) in [6.45, 7) is 24.4. The Labute approximate surface area is 288 Å². The molecule has 0 saturated heterocycles. The number of nitrogens with one attached hydrogen (secondary N) is 1. The average molecular weight is 655 g/mol. The van der Waals surface area contributed by atoms with Crippen molar-refractivity contribution < 1.29 is 9.53 Å². The fourth-order valence-electron chi connectivity index (χ4n) is 13.1. The number of benzene rings is 1. The Bertz CT molecular complexity index is 1600. The number of fused-ring (bicyclic) bond motifs is 7. The standard InChI is InChI=1S/C42H58N2O2S/c1-25(2)30-17-22-42(44-37-43-26(3)27(4)47-37)24-23-40(8)32(35(30)42)15-16-34-39(7)20-18-31(28-11-13-29(14-12-28)36(45)46-10)38(5,6)33(39)19-21-41(34,40)9/h11-14,18,30,32-35H,1,15-17,19-24H2,2-10H3,(H,43,44)/t30-,32+,33-,34+,35+,39-,40+,41+,42-/m0/s1. The number of hydrogen-bond acceptors (Lipinski definition) is 5. The Morgan fingerprint density at radius 2 is 1.66 bits per heavy atom. The highest BCUT2D eigenvalue weighted by atomic mass is 32.1. The maximum atomic E-state index is 12.1. The lowest BCUT2D eigenvalue weighted by Gasteiger charge is -2.72. The van der Waals surface area contributed by atoms with Crippen LogP contribution in [0.5, 0.6) is 0 Å². The number of methoxy groups -OCH3 is 1. The third-order valence-electron chi connectivity index (χ3n) is 15.6. The molecule has 0 amide bonds. The number of allylic oxidation sites excluding steroid dienone is 3. The number of hydrogen-bond donors (Lipinski definition) is 1. The molecule has 1 aromatic carbocycles. The number of rotatable bonds is 5. The van der Waals surface area contributed by atoms with Crippen LogP contribution in [0.2, 0.25) is 0 Å². The van der Waals surface area contributed by atoms with E-state index in [1.54, 1.807) is 0 Å². The van der Waals surface area contributed by atoms with Gasteiger partial charge in [-0.15, -0.1) is 11.3 Å². The van der Waals surface area contributed by atoms with E-state index >= 15 is 0 Å². The third kappa shape index (κ3) is 4.63. The van der Waals surface area contributed by atoms with E-state index < -0.39 is 0 Å². The number of thiazole rings is 1. The smallest absolute Gasteiger partial charge is 0.337 e. The Hall–Kier alpha value is -2.40. The number of ether oxygens (including phenoxy) is 1. The van der Waals surface area contributed by atoms with E-state index in [1.807, 2.05) is 23.5 Å². The molecule has 47 heavy (non-hydrogen) atoms. The van der Waals surface area contributed by atoms with Gasteiger partial charge in [-0.25, -0.2) is 9.78 Å².